The van der Waals surface area contributed by atoms with E-state index in [1.165, 1.54) is 0 Å². The summed E-state index contributed by atoms with van der Waals surface area (Å²) in [4.78, 5) is 14.9. The van der Waals surface area contributed by atoms with Crippen LogP contribution in [0.1, 0.15) is 0 Å². The van der Waals surface area contributed by atoms with Crippen molar-refractivity contribution in [1.82, 2.24) is 16.0 Å². The number of hydrogen-bond acceptors (Lipinski definition) is 4. The van der Waals surface area contributed by atoms with Crippen LogP contribution >= 0.6 is 0 Å². The van der Waals surface area contributed by atoms with Gasteiger partial charge in [-0.25, -0.2) is 4.99 Å². The Morgan fingerprint density at radius 1 is 1.45 bits per heavy atom. The zero-order chi connectivity index (χ0) is 7.68. The van der Waals surface area contributed by atoms with E-state index in [1.807, 2.05) is 0 Å². The van der Waals surface area contributed by atoms with Crippen LogP contribution in [-0.4, -0.2) is 37.5 Å². The Morgan fingerprint density at radius 2 is 2.36 bits per heavy atom. The molecule has 0 aromatic heterocycles. The molecule has 0 radical (unpaired) electrons. The van der Waals surface area contributed by atoms with Gasteiger partial charge in [0.25, 0.3) is 5.91 Å². The molecule has 2 aliphatic rings. The fourth-order valence-electron chi connectivity index (χ4n) is 1.33. The Balaban J connectivity index is 2.16. The van der Waals surface area contributed by atoms with E-state index < -0.39 is 0 Å². The van der Waals surface area contributed by atoms with Gasteiger partial charge in [-0.2, -0.15) is 0 Å². The molecule has 0 spiro atoms. The lowest BCUT2D eigenvalue weighted by molar-refractivity contribution is -0.119. The summed E-state index contributed by atoms with van der Waals surface area (Å²) in [6, 6.07) is -0.186. The van der Waals surface area contributed by atoms with Gasteiger partial charge >= 0.3 is 0 Å². The number of hydrogen-bond donors (Lipinski definition) is 3. The summed E-state index contributed by atoms with van der Waals surface area (Å²) in [6.45, 7) is 1.32. The molecule has 2 unspecified atom stereocenters. The normalized spacial score (nSPS) is 36.9. The van der Waals surface area contributed by atoms with E-state index in [0.29, 0.717) is 13.2 Å². The highest BCUT2D eigenvalue weighted by Gasteiger charge is 2.32. The molecule has 3 N–H and O–H groups in total. The quantitative estimate of drug-likeness (QED) is 0.379. The first-order valence-corrected chi connectivity index (χ1v) is 3.64. The lowest BCUT2D eigenvalue weighted by atomic mass is 10.2. The second-order valence-electron chi connectivity index (χ2n) is 2.60. The van der Waals surface area contributed by atoms with E-state index in [-0.39, 0.29) is 18.1 Å². The average molecular weight is 154 g/mol. The Hall–Kier alpha value is -0.780. The summed E-state index contributed by atoms with van der Waals surface area (Å²) in [7, 11) is 0. The largest absolute Gasteiger partial charge is 0.295 e. The molecule has 2 atom stereocenters. The first-order chi connectivity index (χ1) is 5.38. The van der Waals surface area contributed by atoms with Crippen LogP contribution in [0.5, 0.6) is 0 Å². The van der Waals surface area contributed by atoms with Gasteiger partial charge in [-0.05, 0) is 0 Å². The fraction of sp³-hybridized carbons (Fsp3) is 0.667. The molecule has 5 heteroatoms. The number of carbonyl (C=O) groups excluding carboxylic acids is 1. The minimum atomic E-state index is -0.186. The third kappa shape index (κ3) is 1.18. The van der Waals surface area contributed by atoms with E-state index in [4.69, 9.17) is 0 Å². The fourth-order valence-corrected chi connectivity index (χ4v) is 1.33. The molecule has 2 heterocycles. The Kier molecular flexibility index (Phi) is 1.69. The number of aliphatic imine (C=N–C) groups is 1. The van der Waals surface area contributed by atoms with Crippen molar-refractivity contribution in [3.63, 3.8) is 0 Å². The number of rotatable bonds is 0. The summed E-state index contributed by atoms with van der Waals surface area (Å²) in [5.41, 5.74) is 0. The molecule has 60 valence electrons. The van der Waals surface area contributed by atoms with Gasteiger partial charge in [0.2, 0.25) is 0 Å². The summed E-state index contributed by atoms with van der Waals surface area (Å²) >= 11 is 0. The Morgan fingerprint density at radius 3 is 3.27 bits per heavy atom. The number of carbonyl (C=O) groups is 1. The van der Waals surface area contributed by atoms with E-state index >= 15 is 0 Å². The molecule has 1 saturated heterocycles. The predicted octanol–water partition coefficient (Wildman–Crippen LogP) is -1.97. The van der Waals surface area contributed by atoms with Crippen LogP contribution in [0.15, 0.2) is 4.99 Å². The standard InChI is InChI=1S/C6H10N4O/c11-6-4-5(10-3-9-4)7-1-2-8-6/h2,4-5,7,9-10H,1,3H2. The van der Waals surface area contributed by atoms with Gasteiger partial charge in [0.1, 0.15) is 6.04 Å². The van der Waals surface area contributed by atoms with Crippen molar-refractivity contribution in [3.05, 3.63) is 0 Å². The van der Waals surface area contributed by atoms with Crippen molar-refractivity contribution in [1.29, 1.82) is 0 Å². The van der Waals surface area contributed by atoms with Gasteiger partial charge in [0.05, 0.1) is 6.17 Å². The summed E-state index contributed by atoms with van der Waals surface area (Å²) in [5.74, 6) is -0.0926. The van der Waals surface area contributed by atoms with Crippen molar-refractivity contribution >= 4 is 12.1 Å². The molecular formula is C6H10N4O. The third-order valence-corrected chi connectivity index (χ3v) is 1.89. The Labute approximate surface area is 64.3 Å². The van der Waals surface area contributed by atoms with Gasteiger partial charge in [-0.1, -0.05) is 0 Å². The topological polar surface area (TPSA) is 65.5 Å². The van der Waals surface area contributed by atoms with Crippen LogP contribution in [0.25, 0.3) is 0 Å². The average Bonchev–Trinajstić information content (AvgIpc) is 2.40. The van der Waals surface area contributed by atoms with Crippen LogP contribution in [-0.2, 0) is 4.79 Å². The van der Waals surface area contributed by atoms with E-state index in [0.717, 1.165) is 0 Å². The van der Waals surface area contributed by atoms with Crippen LogP contribution in [0.3, 0.4) is 0 Å². The molecule has 2 aliphatic heterocycles. The highest BCUT2D eigenvalue weighted by Crippen LogP contribution is 2.00. The summed E-state index contributed by atoms with van der Waals surface area (Å²) in [6.07, 6.45) is 1.65. The van der Waals surface area contributed by atoms with E-state index in [9.17, 15) is 4.79 Å². The number of nitrogens with zero attached hydrogens (tertiary/aromatic N) is 1. The molecule has 1 fully saturated rings. The molecular weight excluding hydrogens is 144 g/mol. The molecule has 0 aliphatic carbocycles. The SMILES string of the molecule is O=C1N=CCNC2NCNC12. The number of fused-ring (bicyclic) bond motifs is 1. The lowest BCUT2D eigenvalue weighted by Crippen LogP contribution is -2.47. The maximum absolute atomic E-state index is 11.2. The van der Waals surface area contributed by atoms with Crippen LogP contribution in [0.4, 0.5) is 0 Å². The Bertz CT molecular complexity index is 203. The molecule has 2 rings (SSSR count). The van der Waals surface area contributed by atoms with Gasteiger partial charge in [-0.3, -0.25) is 20.7 Å². The second-order valence-corrected chi connectivity index (χ2v) is 2.60. The predicted molar refractivity (Wildman–Crippen MR) is 40.2 cm³/mol. The van der Waals surface area contributed by atoms with Crippen molar-refractivity contribution < 1.29 is 4.79 Å². The molecule has 0 aromatic carbocycles. The zero-order valence-corrected chi connectivity index (χ0v) is 6.00. The van der Waals surface area contributed by atoms with E-state index in [2.05, 4.69) is 20.9 Å². The van der Waals surface area contributed by atoms with Crippen LogP contribution < -0.4 is 16.0 Å². The van der Waals surface area contributed by atoms with Gasteiger partial charge < -0.3 is 0 Å². The number of nitrogens with one attached hydrogen (secondary N) is 3. The minimum Gasteiger partial charge on any atom is -0.295 e. The molecule has 0 aromatic rings. The smallest absolute Gasteiger partial charge is 0.265 e. The first kappa shape index (κ1) is 6.90. The highest BCUT2D eigenvalue weighted by atomic mass is 16.1. The maximum Gasteiger partial charge on any atom is 0.265 e. The monoisotopic (exact) mass is 154 g/mol. The molecule has 11 heavy (non-hydrogen) atoms. The summed E-state index contributed by atoms with van der Waals surface area (Å²) in [5, 5.41) is 9.25. The van der Waals surface area contributed by atoms with Gasteiger partial charge in [-0.15, -0.1) is 0 Å². The minimum absolute atomic E-state index is 0.0463. The van der Waals surface area contributed by atoms with Crippen molar-refractivity contribution in [3.8, 4) is 0 Å². The van der Waals surface area contributed by atoms with Crippen LogP contribution in [0.2, 0.25) is 0 Å². The second kappa shape index (κ2) is 2.69. The zero-order valence-electron chi connectivity index (χ0n) is 6.00. The van der Waals surface area contributed by atoms with Gasteiger partial charge in [0.15, 0.2) is 0 Å². The first-order valence-electron chi connectivity index (χ1n) is 3.64. The molecule has 1 amide bonds. The van der Waals surface area contributed by atoms with Crippen molar-refractivity contribution in [2.24, 2.45) is 4.99 Å². The third-order valence-electron chi connectivity index (χ3n) is 1.89. The molecule has 0 saturated carbocycles. The lowest BCUT2D eigenvalue weighted by Gasteiger charge is -2.13. The van der Waals surface area contributed by atoms with E-state index in [1.54, 1.807) is 6.21 Å². The van der Waals surface area contributed by atoms with Gasteiger partial charge in [0, 0.05) is 19.4 Å². The molecule has 0 bridgehead atoms. The highest BCUT2D eigenvalue weighted by molar-refractivity contribution is 5.91. The number of amides is 1. The maximum atomic E-state index is 11.2. The van der Waals surface area contributed by atoms with Crippen molar-refractivity contribution in [2.75, 3.05) is 13.2 Å². The summed E-state index contributed by atoms with van der Waals surface area (Å²) < 4.78 is 0. The van der Waals surface area contributed by atoms with Crippen molar-refractivity contribution in [2.45, 2.75) is 12.2 Å². The molecule has 5 nitrogen and oxygen atoms in total. The van der Waals surface area contributed by atoms with Crippen LogP contribution in [0, 0.1) is 0 Å².